The lowest BCUT2D eigenvalue weighted by Crippen LogP contribution is -2.42. The van der Waals surface area contributed by atoms with E-state index in [-0.39, 0.29) is 12.2 Å². The largest absolute Gasteiger partial charge is 0.446 e. The topological polar surface area (TPSA) is 62.8 Å². The van der Waals surface area contributed by atoms with Gasteiger partial charge in [0.1, 0.15) is 6.10 Å². The number of hydrogen-bond donors (Lipinski definition) is 2. The number of amides is 1. The minimum atomic E-state index is -0.274. The molecule has 0 aromatic rings. The second-order valence-corrected chi connectivity index (χ2v) is 5.99. The molecule has 1 aliphatic carbocycles. The minimum absolute atomic E-state index is 0.0828. The molecule has 2 rings (SSSR count). The zero-order valence-electron chi connectivity index (χ0n) is 11.8. The van der Waals surface area contributed by atoms with Gasteiger partial charge < -0.3 is 14.8 Å². The summed E-state index contributed by atoms with van der Waals surface area (Å²) in [4.78, 5) is 14.0. The van der Waals surface area contributed by atoms with Crippen LogP contribution in [0.1, 0.15) is 25.7 Å². The Bertz CT molecular complexity index is 293. The first kappa shape index (κ1) is 16.3. The van der Waals surface area contributed by atoms with Crippen molar-refractivity contribution < 1.29 is 14.3 Å². The average Bonchev–Trinajstić information content (AvgIpc) is 2.49. The molecular formula is C13H24IN3O3. The van der Waals surface area contributed by atoms with Gasteiger partial charge in [0.05, 0.1) is 13.2 Å². The number of rotatable bonds is 5. The van der Waals surface area contributed by atoms with Gasteiger partial charge in [-0.1, -0.05) is 0 Å². The van der Waals surface area contributed by atoms with Crippen molar-refractivity contribution in [3.63, 3.8) is 0 Å². The number of nitrogens with zero attached hydrogens (tertiary/aromatic N) is 1. The fourth-order valence-corrected chi connectivity index (χ4v) is 3.25. The molecular weight excluding hydrogens is 373 g/mol. The van der Waals surface area contributed by atoms with Crippen molar-refractivity contribution in [1.29, 1.82) is 0 Å². The van der Waals surface area contributed by atoms with Gasteiger partial charge in [-0.15, -0.1) is 0 Å². The molecule has 1 saturated heterocycles. The van der Waals surface area contributed by atoms with Crippen LogP contribution in [0.3, 0.4) is 0 Å². The minimum Gasteiger partial charge on any atom is -0.446 e. The average molecular weight is 397 g/mol. The molecule has 116 valence electrons. The van der Waals surface area contributed by atoms with E-state index in [0.717, 1.165) is 58.5 Å². The van der Waals surface area contributed by atoms with Crippen LogP contribution < -0.4 is 8.85 Å². The standard InChI is InChI=1S/C13H24IN3O3/c14-16-11-1-3-12(4-2-11)20-13(18)15-5-6-17-7-9-19-10-8-17/h11-12,16H,1-10H2,(H,15,18)/t11-,12-. The van der Waals surface area contributed by atoms with E-state index in [2.05, 4.69) is 36.6 Å². The Morgan fingerprint density at radius 3 is 2.60 bits per heavy atom. The molecule has 1 heterocycles. The van der Waals surface area contributed by atoms with Crippen molar-refractivity contribution in [2.75, 3.05) is 39.4 Å². The van der Waals surface area contributed by atoms with Crippen molar-refractivity contribution in [2.24, 2.45) is 0 Å². The molecule has 0 aromatic carbocycles. The van der Waals surface area contributed by atoms with E-state index in [1.807, 2.05) is 0 Å². The Balaban J connectivity index is 1.54. The third-order valence-corrected chi connectivity index (χ3v) is 4.78. The van der Waals surface area contributed by atoms with Crippen molar-refractivity contribution in [3.8, 4) is 0 Å². The molecule has 0 aromatic heterocycles. The molecule has 0 atom stereocenters. The summed E-state index contributed by atoms with van der Waals surface area (Å²) < 4.78 is 14.0. The highest BCUT2D eigenvalue weighted by Gasteiger charge is 2.23. The first-order valence-electron chi connectivity index (χ1n) is 7.38. The number of hydrogen-bond acceptors (Lipinski definition) is 5. The molecule has 2 fully saturated rings. The van der Waals surface area contributed by atoms with Crippen molar-refractivity contribution in [2.45, 2.75) is 37.8 Å². The van der Waals surface area contributed by atoms with Crippen LogP contribution in [-0.2, 0) is 9.47 Å². The maximum absolute atomic E-state index is 11.7. The summed E-state index contributed by atoms with van der Waals surface area (Å²) in [6.45, 7) is 4.98. The second-order valence-electron chi connectivity index (χ2n) is 5.37. The molecule has 0 unspecified atom stereocenters. The summed E-state index contributed by atoms with van der Waals surface area (Å²) in [5.74, 6) is 0. The van der Waals surface area contributed by atoms with E-state index in [4.69, 9.17) is 9.47 Å². The smallest absolute Gasteiger partial charge is 0.407 e. The third-order valence-electron chi connectivity index (χ3n) is 3.90. The Kier molecular flexibility index (Phi) is 7.32. The number of nitrogens with one attached hydrogen (secondary N) is 2. The van der Waals surface area contributed by atoms with Gasteiger partial charge in [0, 0.05) is 55.1 Å². The van der Waals surface area contributed by atoms with E-state index >= 15 is 0 Å². The second kappa shape index (κ2) is 9.01. The van der Waals surface area contributed by atoms with Crippen LogP contribution in [0.2, 0.25) is 0 Å². The van der Waals surface area contributed by atoms with E-state index in [9.17, 15) is 4.79 Å². The fraction of sp³-hybridized carbons (Fsp3) is 0.923. The lowest BCUT2D eigenvalue weighted by molar-refractivity contribution is 0.0371. The van der Waals surface area contributed by atoms with Crippen molar-refractivity contribution in [1.82, 2.24) is 13.7 Å². The van der Waals surface area contributed by atoms with Gasteiger partial charge in [-0.3, -0.25) is 8.43 Å². The zero-order valence-corrected chi connectivity index (χ0v) is 13.9. The number of morpholine rings is 1. The quantitative estimate of drug-likeness (QED) is 0.541. The zero-order chi connectivity index (χ0) is 14.2. The summed E-state index contributed by atoms with van der Waals surface area (Å²) in [7, 11) is 0. The highest BCUT2D eigenvalue weighted by atomic mass is 127. The molecule has 1 amide bonds. The van der Waals surface area contributed by atoms with Crippen LogP contribution in [-0.4, -0.2) is 62.5 Å². The number of alkyl carbamates (subject to hydrolysis) is 1. The molecule has 7 heteroatoms. The summed E-state index contributed by atoms with van der Waals surface area (Å²) in [6, 6.07) is 0.569. The van der Waals surface area contributed by atoms with Crippen LogP contribution in [0.15, 0.2) is 0 Å². The number of carbonyl (C=O) groups is 1. The van der Waals surface area contributed by atoms with Gasteiger partial charge in [-0.2, -0.15) is 0 Å². The van der Waals surface area contributed by atoms with E-state index in [0.29, 0.717) is 12.6 Å². The predicted octanol–water partition coefficient (Wildman–Crippen LogP) is 1.30. The fourth-order valence-electron chi connectivity index (χ4n) is 2.62. The van der Waals surface area contributed by atoms with E-state index in [1.54, 1.807) is 0 Å². The van der Waals surface area contributed by atoms with Gasteiger partial charge in [0.2, 0.25) is 0 Å². The van der Waals surface area contributed by atoms with Gasteiger partial charge in [0.15, 0.2) is 0 Å². The summed E-state index contributed by atoms with van der Waals surface area (Å²) in [5.41, 5.74) is 0. The lowest BCUT2D eigenvalue weighted by atomic mass is 9.94. The Morgan fingerprint density at radius 1 is 1.25 bits per heavy atom. The highest BCUT2D eigenvalue weighted by molar-refractivity contribution is 14.1. The van der Waals surface area contributed by atoms with Gasteiger partial charge in [0.25, 0.3) is 0 Å². The third kappa shape index (κ3) is 5.71. The van der Waals surface area contributed by atoms with Gasteiger partial charge >= 0.3 is 6.09 Å². The Labute approximate surface area is 134 Å². The molecule has 2 aliphatic rings. The molecule has 6 nitrogen and oxygen atoms in total. The summed E-state index contributed by atoms with van der Waals surface area (Å²) in [6.07, 6.45) is 3.88. The molecule has 0 radical (unpaired) electrons. The first-order valence-corrected chi connectivity index (χ1v) is 8.46. The summed E-state index contributed by atoms with van der Waals surface area (Å²) >= 11 is 2.20. The van der Waals surface area contributed by atoms with Crippen LogP contribution >= 0.6 is 22.9 Å². The van der Waals surface area contributed by atoms with E-state index in [1.165, 1.54) is 0 Å². The van der Waals surface area contributed by atoms with E-state index < -0.39 is 0 Å². The number of halogens is 1. The number of ether oxygens (including phenoxy) is 2. The van der Waals surface area contributed by atoms with Crippen LogP contribution in [0.4, 0.5) is 4.79 Å². The monoisotopic (exact) mass is 397 g/mol. The number of carbonyl (C=O) groups excluding carboxylic acids is 1. The molecule has 1 saturated carbocycles. The van der Waals surface area contributed by atoms with Crippen LogP contribution in [0, 0.1) is 0 Å². The van der Waals surface area contributed by atoms with Gasteiger partial charge in [-0.05, 0) is 25.7 Å². The highest BCUT2D eigenvalue weighted by Crippen LogP contribution is 2.21. The molecule has 0 spiro atoms. The van der Waals surface area contributed by atoms with Crippen LogP contribution in [0.25, 0.3) is 0 Å². The molecule has 20 heavy (non-hydrogen) atoms. The Hall–Kier alpha value is -0.120. The first-order chi connectivity index (χ1) is 9.78. The SMILES string of the molecule is O=C(NCCN1CCOCC1)O[C@H]1CC[C@H](NI)CC1. The maximum Gasteiger partial charge on any atom is 0.407 e. The normalized spacial score (nSPS) is 28.1. The predicted molar refractivity (Wildman–Crippen MR) is 84.9 cm³/mol. The van der Waals surface area contributed by atoms with Crippen molar-refractivity contribution >= 4 is 29.0 Å². The van der Waals surface area contributed by atoms with Crippen LogP contribution in [0.5, 0.6) is 0 Å². The van der Waals surface area contributed by atoms with Crippen molar-refractivity contribution in [3.05, 3.63) is 0 Å². The van der Waals surface area contributed by atoms with Gasteiger partial charge in [-0.25, -0.2) is 4.79 Å². The maximum atomic E-state index is 11.7. The molecule has 2 N–H and O–H groups in total. The lowest BCUT2D eigenvalue weighted by Gasteiger charge is -2.28. The Morgan fingerprint density at radius 2 is 1.95 bits per heavy atom. The molecule has 0 bridgehead atoms. The molecule has 1 aliphatic heterocycles. The summed E-state index contributed by atoms with van der Waals surface area (Å²) in [5, 5.41) is 2.84.